The molecule has 1 saturated heterocycles. The highest BCUT2D eigenvalue weighted by Crippen LogP contribution is 2.53. The number of carbonyl (C=O) groups excluding carboxylic acids is 5. The minimum atomic E-state index is -1.88. The molecule has 5 atom stereocenters. The van der Waals surface area contributed by atoms with Gasteiger partial charge in [-0.05, 0) is 71.3 Å². The molecule has 0 aliphatic carbocycles. The molecule has 1 aliphatic rings. The van der Waals surface area contributed by atoms with Gasteiger partial charge in [0.25, 0.3) is 5.91 Å². The molecule has 0 unspecified atom stereocenters. The summed E-state index contributed by atoms with van der Waals surface area (Å²) >= 11 is 12.4. The number of halogens is 4. The van der Waals surface area contributed by atoms with Gasteiger partial charge in [0.15, 0.2) is 6.61 Å². The molecule has 0 bridgehead atoms. The molecule has 3 N–H and O–H groups in total. The highest BCUT2D eigenvalue weighted by molar-refractivity contribution is 6.31. The van der Waals surface area contributed by atoms with Crippen LogP contribution in [0.25, 0.3) is 0 Å². The molecule has 0 radical (unpaired) electrons. The first kappa shape index (κ1) is 51.5. The quantitative estimate of drug-likeness (QED) is 0.0563. The van der Waals surface area contributed by atoms with Crippen LogP contribution in [0, 0.1) is 28.4 Å². The molecule has 5 aromatic rings. The van der Waals surface area contributed by atoms with Gasteiger partial charge < -0.3 is 34.9 Å². The normalized spacial score (nSPS) is 18.0. The zero-order valence-corrected chi connectivity index (χ0v) is 39.7. The predicted octanol–water partition coefficient (Wildman–Crippen LogP) is 9.15. The third kappa shape index (κ3) is 12.8. The third-order valence-corrected chi connectivity index (χ3v) is 12.0. The van der Waals surface area contributed by atoms with E-state index >= 15 is 8.78 Å². The van der Waals surface area contributed by atoms with Crippen LogP contribution >= 0.6 is 23.2 Å². The van der Waals surface area contributed by atoms with E-state index in [4.69, 9.17) is 42.1 Å². The van der Waals surface area contributed by atoms with E-state index in [1.807, 2.05) is 26.8 Å². The summed E-state index contributed by atoms with van der Waals surface area (Å²) < 4.78 is 53.8. The van der Waals surface area contributed by atoms with Gasteiger partial charge in [0.2, 0.25) is 5.91 Å². The van der Waals surface area contributed by atoms with Crippen molar-refractivity contribution in [3.63, 3.8) is 0 Å². The third-order valence-electron chi connectivity index (χ3n) is 11.5. The van der Waals surface area contributed by atoms with Crippen LogP contribution in [-0.4, -0.2) is 61.6 Å². The van der Waals surface area contributed by atoms with E-state index in [0.29, 0.717) is 5.56 Å². The fraction of sp³-hybridized carbons (Fsp3) is 0.308. The second kappa shape index (κ2) is 23.0. The average Bonchev–Trinajstić information content (AvgIpc) is 3.64. The molecule has 69 heavy (non-hydrogen) atoms. The number of amides is 2. The number of hydrogen-bond donors (Lipinski definition) is 3. The Hall–Kier alpha value is -6.86. The molecule has 17 heteroatoms. The zero-order valence-electron chi connectivity index (χ0n) is 38.2. The van der Waals surface area contributed by atoms with Crippen LogP contribution in [-0.2, 0) is 52.0 Å². The molecule has 0 spiro atoms. The van der Waals surface area contributed by atoms with Crippen LogP contribution in [0.2, 0.25) is 10.0 Å². The van der Waals surface area contributed by atoms with Gasteiger partial charge in [-0.15, -0.1) is 0 Å². The number of nitrogens with one attached hydrogen (secondary N) is 3. The molecule has 0 aromatic heterocycles. The van der Waals surface area contributed by atoms with Crippen molar-refractivity contribution < 1.29 is 51.7 Å². The van der Waals surface area contributed by atoms with Crippen molar-refractivity contribution in [1.82, 2.24) is 10.6 Å². The second-order valence-corrected chi connectivity index (χ2v) is 18.4. The van der Waals surface area contributed by atoms with Gasteiger partial charge in [0.05, 0.1) is 35.5 Å². The summed E-state index contributed by atoms with van der Waals surface area (Å²) in [5, 5.41) is 19.5. The minimum absolute atomic E-state index is 0.0150. The SMILES string of the molecule is COc1cc(C(=O)OCC(=O)N[C@@H](CCC(=O)OCc2ccccc2)C(=O)OCc2ccccc2)ccc1NC(=O)[C@@H]1N[C@@H](CC(C)(C)C)[C@](C#N)(c2ccc(Cl)cc2F)[C@H]1c1cccc(Cl)c1F. The summed E-state index contributed by atoms with van der Waals surface area (Å²) in [5.41, 5.74) is -1.13. The molecular weight excluding hydrogens is 933 g/mol. The first-order valence-corrected chi connectivity index (χ1v) is 22.6. The zero-order chi connectivity index (χ0) is 49.9. The molecule has 6 rings (SSSR count). The topological polar surface area (TPSA) is 182 Å². The first-order valence-electron chi connectivity index (χ1n) is 21.9. The fourth-order valence-electron chi connectivity index (χ4n) is 8.29. The first-order chi connectivity index (χ1) is 32.9. The predicted molar refractivity (Wildman–Crippen MR) is 253 cm³/mol. The Morgan fingerprint density at radius 2 is 1.51 bits per heavy atom. The number of hydrogen-bond acceptors (Lipinski definition) is 11. The van der Waals surface area contributed by atoms with Gasteiger partial charge in [-0.3, -0.25) is 14.4 Å². The van der Waals surface area contributed by atoms with E-state index in [9.17, 15) is 29.2 Å². The Kier molecular flexibility index (Phi) is 17.1. The molecule has 13 nitrogen and oxygen atoms in total. The maximum absolute atomic E-state index is 16.2. The van der Waals surface area contributed by atoms with Crippen molar-refractivity contribution >= 4 is 58.6 Å². The lowest BCUT2D eigenvalue weighted by atomic mass is 9.62. The molecule has 1 heterocycles. The summed E-state index contributed by atoms with van der Waals surface area (Å²) in [6, 6.07) is 28.5. The summed E-state index contributed by atoms with van der Waals surface area (Å²) in [4.78, 5) is 66.8. The number of nitrogens with zero attached hydrogens (tertiary/aromatic N) is 1. The smallest absolute Gasteiger partial charge is 0.338 e. The largest absolute Gasteiger partial charge is 0.495 e. The van der Waals surface area contributed by atoms with Crippen LogP contribution < -0.4 is 20.7 Å². The van der Waals surface area contributed by atoms with E-state index in [2.05, 4.69) is 22.0 Å². The van der Waals surface area contributed by atoms with Crippen molar-refractivity contribution in [2.24, 2.45) is 5.41 Å². The van der Waals surface area contributed by atoms with Crippen molar-refractivity contribution in [2.45, 2.75) is 82.7 Å². The average molecular weight is 984 g/mol. The molecular formula is C52H50Cl2F2N4O9. The lowest BCUT2D eigenvalue weighted by Crippen LogP contribution is -2.45. The number of methoxy groups -OCH3 is 1. The van der Waals surface area contributed by atoms with Crippen molar-refractivity contribution in [1.29, 1.82) is 5.26 Å². The number of anilines is 1. The fourth-order valence-corrected chi connectivity index (χ4v) is 8.63. The number of benzene rings is 5. The van der Waals surface area contributed by atoms with Crippen molar-refractivity contribution in [3.05, 3.63) is 165 Å². The lowest BCUT2D eigenvalue weighted by Gasteiger charge is -2.37. The lowest BCUT2D eigenvalue weighted by molar-refractivity contribution is -0.150. The van der Waals surface area contributed by atoms with Crippen molar-refractivity contribution in [3.8, 4) is 11.8 Å². The Labute approximate surface area is 408 Å². The highest BCUT2D eigenvalue weighted by Gasteiger charge is 2.61. The number of rotatable bonds is 18. The number of ether oxygens (including phenoxy) is 4. The standard InChI is InChI=1S/C52H50Cl2F2N4O9/c1-51(2,3)26-42-52(30-57,36-20-19-34(53)25-38(36)55)45(35-16-11-17-37(54)46(35)56)47(60-42)48(63)59-39-21-18-33(24-41(39)66-4)49(64)69-29-43(61)58-40(50(65)68-28-32-14-9-6-10-15-32)22-23-44(62)67-27-31-12-7-5-8-13-31/h5-21,24-25,40,42,45,47,60H,22-23,26-29H2,1-4H3,(H,58,61)(H,59,63)/t40-,42-,45-,47+,52-/m0/s1. The number of esters is 3. The van der Waals surface area contributed by atoms with Crippen LogP contribution in [0.4, 0.5) is 14.5 Å². The van der Waals surface area contributed by atoms with Gasteiger partial charge in [-0.1, -0.05) is 123 Å². The summed E-state index contributed by atoms with van der Waals surface area (Å²) in [5.74, 6) is -7.12. The Morgan fingerprint density at radius 1 is 0.841 bits per heavy atom. The van der Waals surface area contributed by atoms with Crippen LogP contribution in [0.3, 0.4) is 0 Å². The molecule has 0 saturated carbocycles. The van der Waals surface area contributed by atoms with Gasteiger partial charge in [-0.2, -0.15) is 5.26 Å². The van der Waals surface area contributed by atoms with Crippen LogP contribution in [0.1, 0.15) is 78.6 Å². The van der Waals surface area contributed by atoms with Gasteiger partial charge >= 0.3 is 17.9 Å². The monoisotopic (exact) mass is 982 g/mol. The van der Waals surface area contributed by atoms with Crippen molar-refractivity contribution in [2.75, 3.05) is 19.0 Å². The molecule has 5 aromatic carbocycles. The van der Waals surface area contributed by atoms with Crippen LogP contribution in [0.15, 0.2) is 115 Å². The molecule has 1 fully saturated rings. The van der Waals surface area contributed by atoms with Gasteiger partial charge in [0.1, 0.15) is 42.1 Å². The van der Waals surface area contributed by atoms with E-state index in [1.54, 1.807) is 54.6 Å². The van der Waals surface area contributed by atoms with E-state index in [0.717, 1.165) is 11.6 Å². The summed E-state index contributed by atoms with van der Waals surface area (Å²) in [7, 11) is 1.28. The maximum atomic E-state index is 16.2. The molecule has 1 aliphatic heterocycles. The summed E-state index contributed by atoms with van der Waals surface area (Å²) in [6.07, 6.45) is -0.178. The number of nitriles is 1. The Balaban J connectivity index is 1.17. The molecule has 2 amide bonds. The minimum Gasteiger partial charge on any atom is -0.495 e. The van der Waals surface area contributed by atoms with E-state index in [-0.39, 0.29) is 70.6 Å². The second-order valence-electron chi connectivity index (χ2n) is 17.6. The van der Waals surface area contributed by atoms with E-state index in [1.165, 1.54) is 55.6 Å². The van der Waals surface area contributed by atoms with Gasteiger partial charge in [0, 0.05) is 29.0 Å². The number of carbonyl (C=O) groups is 5. The molecule has 360 valence electrons. The van der Waals surface area contributed by atoms with Gasteiger partial charge in [-0.25, -0.2) is 18.4 Å². The maximum Gasteiger partial charge on any atom is 0.338 e. The summed E-state index contributed by atoms with van der Waals surface area (Å²) in [6.45, 7) is 4.82. The van der Waals surface area contributed by atoms with E-state index < -0.39 is 82.8 Å². The highest BCUT2D eigenvalue weighted by atomic mass is 35.5. The Morgan fingerprint density at radius 3 is 2.13 bits per heavy atom. The van der Waals surface area contributed by atoms with Crippen LogP contribution in [0.5, 0.6) is 5.75 Å². The Bertz CT molecular complexity index is 2720.